The monoisotopic (exact) mass is 874 g/mol. The number of piperidine rings is 1. The van der Waals surface area contributed by atoms with Crippen LogP contribution in [-0.2, 0) is 14.3 Å². The Morgan fingerprint density at radius 3 is 2.66 bits per heavy atom. The summed E-state index contributed by atoms with van der Waals surface area (Å²) >= 11 is 6.30. The van der Waals surface area contributed by atoms with Gasteiger partial charge in [-0.25, -0.2) is 0 Å². The van der Waals surface area contributed by atoms with E-state index in [0.717, 1.165) is 99.1 Å². The van der Waals surface area contributed by atoms with E-state index in [1.807, 2.05) is 54.9 Å². The van der Waals surface area contributed by atoms with E-state index in [4.69, 9.17) is 21.1 Å². The number of aromatic nitrogens is 1. The number of carbonyl (C=O) groups is 2. The molecule has 4 heterocycles. The molecular weight excluding hydrogens is 820 g/mol. The Balaban J connectivity index is 0.927. The largest absolute Gasteiger partial charge is 0.629 e. The second-order valence-corrected chi connectivity index (χ2v) is 20.5. The van der Waals surface area contributed by atoms with Crippen molar-refractivity contribution in [3.63, 3.8) is 0 Å². The molecule has 0 bridgehead atoms. The Morgan fingerprint density at radius 1 is 1.13 bits per heavy atom. The molecule has 11 nitrogen and oxygen atoms in total. The van der Waals surface area contributed by atoms with Crippen molar-refractivity contribution in [1.29, 1.82) is 0 Å². The minimum Gasteiger partial charge on any atom is -0.629 e. The number of ether oxygens (including phenoxy) is 2. The first-order chi connectivity index (χ1) is 30.0. The maximum Gasteiger partial charge on any atom is 0.272 e. The number of hydrogen-bond donors (Lipinski definition) is 3. The van der Waals surface area contributed by atoms with Crippen molar-refractivity contribution in [3.05, 3.63) is 112 Å². The fourth-order valence-electron chi connectivity index (χ4n) is 10.2. The van der Waals surface area contributed by atoms with Crippen LogP contribution >= 0.6 is 21.0 Å². The smallest absolute Gasteiger partial charge is 0.272 e. The molecule has 4 fully saturated rings. The third-order valence-electron chi connectivity index (χ3n) is 13.6. The zero-order valence-electron chi connectivity index (χ0n) is 35.3. The van der Waals surface area contributed by atoms with Crippen molar-refractivity contribution in [3.8, 4) is 5.75 Å². The van der Waals surface area contributed by atoms with E-state index in [1.165, 1.54) is 7.05 Å². The summed E-state index contributed by atoms with van der Waals surface area (Å²) in [6.07, 6.45) is 20.7. The number of nitrogens with one attached hydrogen (secondary N) is 3. The van der Waals surface area contributed by atoms with E-state index in [-0.39, 0.29) is 22.1 Å². The van der Waals surface area contributed by atoms with Crippen LogP contribution in [0.4, 0.5) is 11.4 Å². The second kappa shape index (κ2) is 17.6. The van der Waals surface area contributed by atoms with Gasteiger partial charge in [0, 0.05) is 84.2 Å². The number of fused-ring (bicyclic) bond motifs is 1. The molecule has 3 aliphatic carbocycles. The molecule has 0 radical (unpaired) electrons. The van der Waals surface area contributed by atoms with Crippen LogP contribution in [0.2, 0.25) is 0 Å². The highest BCUT2D eigenvalue weighted by Crippen LogP contribution is 2.55. The van der Waals surface area contributed by atoms with Gasteiger partial charge in [-0.2, -0.15) is 0 Å². The van der Waals surface area contributed by atoms with Crippen LogP contribution in [0.1, 0.15) is 57.8 Å². The topological polar surface area (TPSA) is 127 Å². The third-order valence-corrected chi connectivity index (χ3v) is 15.6. The van der Waals surface area contributed by atoms with Gasteiger partial charge < -0.3 is 39.3 Å². The van der Waals surface area contributed by atoms with Crippen LogP contribution < -0.4 is 14.5 Å². The van der Waals surface area contributed by atoms with E-state index in [0.29, 0.717) is 64.7 Å². The SMILES string of the molecule is C=S(=C)(NC(=O)C1=C=C=C(N2CCC(CN3C(=O)C4(CCCC4)C3C3C=CC(Cl)=CC3)CC2)C=C1Oc1ccc2[nH]ccc2c1)c1ccc(N=CC2CCOCC2)c([NH+](C)[O-])c1. The van der Waals surface area contributed by atoms with Gasteiger partial charge in [-0.3, -0.25) is 14.6 Å². The van der Waals surface area contributed by atoms with E-state index in [9.17, 15) is 14.8 Å². The lowest BCUT2D eigenvalue weighted by Gasteiger charge is -2.58. The number of β-lactam (4-membered cyclic amide) rings is 1. The average Bonchev–Trinajstić information content (AvgIpc) is 3.98. The number of benzene rings is 2. The molecule has 3 N–H and O–H groups in total. The molecule has 9 rings (SSSR count). The Kier molecular flexibility index (Phi) is 12.0. The average molecular weight is 876 g/mol. The molecule has 3 saturated heterocycles. The summed E-state index contributed by atoms with van der Waals surface area (Å²) in [5.74, 6) is 10.5. The van der Waals surface area contributed by atoms with Crippen LogP contribution in [-0.4, -0.2) is 90.5 Å². The Bertz CT molecular complexity index is 2590. The number of amides is 2. The number of quaternary nitrogens is 1. The standard InChI is InChI=1S/C49H55ClN6O5S/c1-54(59)44-30-40(12-15-43(44)52-31-33-19-26-60-27-20-33)62(2,3)53-47(57)41-13-10-38(29-45(41)61-39-11-14-42-36(28-39)16-23-51-42)55-24-17-34(18-25-55)32-56-46(35-6-8-37(50)9-7-35)49(48(56)58)21-4-5-22-49/h6,8-9,11-12,14-16,23,28-31,33-35,46,51,54H,2-5,7,17-22,24-27,32H2,1H3,(H,53,57). The molecule has 13 heteroatoms. The molecule has 6 aliphatic rings. The van der Waals surface area contributed by atoms with Gasteiger partial charge in [0.2, 0.25) is 5.91 Å². The summed E-state index contributed by atoms with van der Waals surface area (Å²) in [6.45, 7) is 3.72. The molecule has 3 atom stereocenters. The number of halogens is 1. The zero-order chi connectivity index (χ0) is 43.0. The van der Waals surface area contributed by atoms with E-state index < -0.39 is 15.3 Å². The van der Waals surface area contributed by atoms with E-state index >= 15 is 0 Å². The maximum atomic E-state index is 14.3. The Hall–Kier alpha value is -5.03. The lowest BCUT2D eigenvalue weighted by Crippen LogP contribution is -2.98. The number of H-pyrrole nitrogens is 1. The summed E-state index contributed by atoms with van der Waals surface area (Å²) in [4.78, 5) is 41.1. The van der Waals surface area contributed by atoms with Crippen molar-refractivity contribution >= 4 is 73.0 Å². The fraction of sp³-hybridized carbons (Fsp3) is 0.408. The van der Waals surface area contributed by atoms with Crippen molar-refractivity contribution in [2.75, 3.05) is 39.9 Å². The van der Waals surface area contributed by atoms with Crippen molar-refractivity contribution in [2.45, 2.75) is 68.7 Å². The lowest BCUT2D eigenvalue weighted by atomic mass is 9.63. The predicted octanol–water partition coefficient (Wildman–Crippen LogP) is 7.72. The number of allylic oxidation sites excluding steroid dienone is 4. The number of aromatic amines is 1. The van der Waals surface area contributed by atoms with E-state index in [2.05, 4.69) is 59.9 Å². The van der Waals surface area contributed by atoms with Crippen LogP contribution in [0.15, 0.2) is 116 Å². The van der Waals surface area contributed by atoms with Gasteiger partial charge in [0.25, 0.3) is 5.91 Å². The molecular formula is C49H55ClN6O5S. The molecule has 3 aromatic rings. The number of hydroxylamine groups is 1. The summed E-state index contributed by atoms with van der Waals surface area (Å²) in [6, 6.07) is 13.3. The lowest BCUT2D eigenvalue weighted by molar-refractivity contribution is -0.751. The minimum absolute atomic E-state index is 0.138. The van der Waals surface area contributed by atoms with Gasteiger partial charge in [-0.1, -0.05) is 54.1 Å². The molecule has 324 valence electrons. The quantitative estimate of drug-likeness (QED) is 0.0563. The van der Waals surface area contributed by atoms with Gasteiger partial charge in [-0.05, 0) is 105 Å². The zero-order valence-corrected chi connectivity index (χ0v) is 36.9. The third kappa shape index (κ3) is 8.53. The normalized spacial score (nSPS) is 23.6. The first-order valence-electron chi connectivity index (χ1n) is 21.9. The number of rotatable bonds is 12. The molecule has 2 amide bonds. The fourth-order valence-corrected chi connectivity index (χ4v) is 11.6. The first-order valence-corrected chi connectivity index (χ1v) is 24.2. The van der Waals surface area contributed by atoms with Gasteiger partial charge in [-0.15, -0.1) is 9.39 Å². The molecule has 1 saturated carbocycles. The molecule has 1 aromatic heterocycles. The molecule has 3 aliphatic heterocycles. The number of carbonyl (C=O) groups excluding carboxylic acids is 2. The summed E-state index contributed by atoms with van der Waals surface area (Å²) < 4.78 is 15.1. The maximum absolute atomic E-state index is 14.3. The van der Waals surface area contributed by atoms with Crippen LogP contribution in [0.25, 0.3) is 10.9 Å². The van der Waals surface area contributed by atoms with Gasteiger partial charge >= 0.3 is 0 Å². The summed E-state index contributed by atoms with van der Waals surface area (Å²) in [7, 11) is -0.951. The highest BCUT2D eigenvalue weighted by atomic mass is 35.5. The molecule has 62 heavy (non-hydrogen) atoms. The second-order valence-electron chi connectivity index (χ2n) is 17.7. The van der Waals surface area contributed by atoms with Crippen molar-refractivity contribution in [1.82, 2.24) is 19.5 Å². The molecule has 3 unspecified atom stereocenters. The van der Waals surface area contributed by atoms with Gasteiger partial charge in [0.1, 0.15) is 17.0 Å². The van der Waals surface area contributed by atoms with Crippen LogP contribution in [0, 0.1) is 28.4 Å². The van der Waals surface area contributed by atoms with Crippen molar-refractivity contribution < 1.29 is 24.1 Å². The van der Waals surface area contributed by atoms with E-state index in [1.54, 1.807) is 12.1 Å². The predicted molar refractivity (Wildman–Crippen MR) is 249 cm³/mol. The Labute approximate surface area is 369 Å². The minimum atomic E-state index is -2.46. The van der Waals surface area contributed by atoms with Gasteiger partial charge in [0.15, 0.2) is 11.4 Å². The number of aliphatic imine (C=N–C) groups is 1. The van der Waals surface area contributed by atoms with Crippen LogP contribution in [0.5, 0.6) is 5.75 Å². The number of likely N-dealkylation sites (tertiary alicyclic amines) is 2. The molecule has 1 spiro atoms. The summed E-state index contributed by atoms with van der Waals surface area (Å²) in [5, 5.41) is 14.5. The number of hydrogen-bond acceptors (Lipinski definition) is 7. The first kappa shape index (κ1) is 42.3. The molecule has 2 aromatic carbocycles. The highest BCUT2D eigenvalue weighted by molar-refractivity contribution is 8.26. The Morgan fingerprint density at radius 2 is 1.92 bits per heavy atom. The number of nitrogens with zero attached hydrogens (tertiary/aromatic N) is 3. The summed E-state index contributed by atoms with van der Waals surface area (Å²) in [5.41, 5.74) is 9.15. The highest BCUT2D eigenvalue weighted by Gasteiger charge is 2.62. The van der Waals surface area contributed by atoms with Crippen molar-refractivity contribution in [2.24, 2.45) is 28.2 Å². The van der Waals surface area contributed by atoms with Crippen LogP contribution in [0.3, 0.4) is 0 Å². The van der Waals surface area contributed by atoms with Gasteiger partial charge in [0.05, 0.1) is 24.2 Å².